The lowest BCUT2D eigenvalue weighted by Gasteiger charge is -2.43. The molecular formula is C16H22O6. The molecule has 0 radical (unpaired) electrons. The number of rotatable bonds is 5. The predicted octanol–water partition coefficient (Wildman–Crippen LogP) is 1.63. The normalized spacial score (nSPS) is 31.7. The van der Waals surface area contributed by atoms with Crippen LogP contribution in [0, 0.1) is 0 Å². The highest BCUT2D eigenvalue weighted by Gasteiger charge is 2.47. The SMILES string of the molecule is CO[C@H]1O[C@H](C)[C@H](OC(=O)c2ccccc2)[C@H](OC)[C@H]1OC. The molecule has 6 heteroatoms. The summed E-state index contributed by atoms with van der Waals surface area (Å²) >= 11 is 0. The second-order valence-electron chi connectivity index (χ2n) is 5.08. The Balaban J connectivity index is 2.15. The van der Waals surface area contributed by atoms with Crippen LogP contribution in [-0.4, -0.2) is 58.0 Å². The van der Waals surface area contributed by atoms with Crippen molar-refractivity contribution in [2.75, 3.05) is 21.3 Å². The van der Waals surface area contributed by atoms with Gasteiger partial charge in [-0.3, -0.25) is 0 Å². The van der Waals surface area contributed by atoms with Crippen LogP contribution in [0.15, 0.2) is 30.3 Å². The van der Waals surface area contributed by atoms with Crippen molar-refractivity contribution in [3.63, 3.8) is 0 Å². The number of hydrogen-bond acceptors (Lipinski definition) is 6. The maximum Gasteiger partial charge on any atom is 0.338 e. The molecule has 1 aliphatic rings. The van der Waals surface area contributed by atoms with Crippen LogP contribution in [0.3, 0.4) is 0 Å². The lowest BCUT2D eigenvalue weighted by Crippen LogP contribution is -2.59. The van der Waals surface area contributed by atoms with E-state index in [-0.39, 0.29) is 6.10 Å². The molecule has 22 heavy (non-hydrogen) atoms. The van der Waals surface area contributed by atoms with E-state index in [1.165, 1.54) is 14.2 Å². The van der Waals surface area contributed by atoms with E-state index < -0.39 is 30.6 Å². The van der Waals surface area contributed by atoms with Gasteiger partial charge in [0.2, 0.25) is 0 Å². The highest BCUT2D eigenvalue weighted by Crippen LogP contribution is 2.28. The first-order valence-electron chi connectivity index (χ1n) is 7.12. The summed E-state index contributed by atoms with van der Waals surface area (Å²) in [6, 6.07) is 8.80. The smallest absolute Gasteiger partial charge is 0.338 e. The van der Waals surface area contributed by atoms with Gasteiger partial charge in [-0.2, -0.15) is 0 Å². The van der Waals surface area contributed by atoms with Crippen LogP contribution in [0.5, 0.6) is 0 Å². The van der Waals surface area contributed by atoms with E-state index in [1.54, 1.807) is 31.4 Å². The molecule has 2 rings (SSSR count). The van der Waals surface area contributed by atoms with Gasteiger partial charge < -0.3 is 23.7 Å². The van der Waals surface area contributed by atoms with Crippen molar-refractivity contribution in [3.05, 3.63) is 35.9 Å². The zero-order valence-electron chi connectivity index (χ0n) is 13.2. The summed E-state index contributed by atoms with van der Waals surface area (Å²) in [4.78, 5) is 12.3. The molecule has 0 amide bonds. The molecule has 1 fully saturated rings. The van der Waals surface area contributed by atoms with Crippen molar-refractivity contribution in [1.29, 1.82) is 0 Å². The van der Waals surface area contributed by atoms with Crippen LogP contribution < -0.4 is 0 Å². The van der Waals surface area contributed by atoms with Crippen LogP contribution in [-0.2, 0) is 23.7 Å². The lowest BCUT2D eigenvalue weighted by molar-refractivity contribution is -0.294. The van der Waals surface area contributed by atoms with Gasteiger partial charge in [0.15, 0.2) is 12.4 Å². The van der Waals surface area contributed by atoms with Crippen molar-refractivity contribution in [2.24, 2.45) is 0 Å². The minimum Gasteiger partial charge on any atom is -0.453 e. The van der Waals surface area contributed by atoms with Crippen LogP contribution >= 0.6 is 0 Å². The molecule has 6 nitrogen and oxygen atoms in total. The van der Waals surface area contributed by atoms with Crippen LogP contribution in [0.4, 0.5) is 0 Å². The molecule has 0 aliphatic carbocycles. The Morgan fingerprint density at radius 2 is 1.59 bits per heavy atom. The minimum atomic E-state index is -0.589. The summed E-state index contributed by atoms with van der Waals surface area (Å²) in [5.74, 6) is -0.422. The third-order valence-corrected chi connectivity index (χ3v) is 3.76. The number of carbonyl (C=O) groups excluding carboxylic acids is 1. The van der Waals surface area contributed by atoms with Crippen molar-refractivity contribution in [2.45, 2.75) is 37.6 Å². The molecule has 122 valence electrons. The summed E-state index contributed by atoms with van der Waals surface area (Å²) in [6.07, 6.45) is -2.51. The molecule has 0 aromatic heterocycles. The van der Waals surface area contributed by atoms with Crippen molar-refractivity contribution in [1.82, 2.24) is 0 Å². The number of hydrogen-bond donors (Lipinski definition) is 0. The van der Waals surface area contributed by atoms with Crippen molar-refractivity contribution >= 4 is 5.97 Å². The molecule has 0 spiro atoms. The van der Waals surface area contributed by atoms with Gasteiger partial charge in [-0.1, -0.05) is 18.2 Å². The second-order valence-corrected chi connectivity index (χ2v) is 5.08. The van der Waals surface area contributed by atoms with E-state index in [0.717, 1.165) is 0 Å². The second kappa shape index (κ2) is 7.69. The molecule has 1 heterocycles. The first-order valence-corrected chi connectivity index (χ1v) is 7.12. The van der Waals surface area contributed by atoms with E-state index in [4.69, 9.17) is 23.7 Å². The van der Waals surface area contributed by atoms with Crippen LogP contribution in [0.25, 0.3) is 0 Å². The molecule has 1 saturated heterocycles. The number of carbonyl (C=O) groups is 1. The maximum atomic E-state index is 12.3. The molecule has 5 atom stereocenters. The standard InChI is InChI=1S/C16H22O6/c1-10-12(22-15(17)11-8-6-5-7-9-11)13(18-2)14(19-3)16(20-4)21-10/h5-10,12-14,16H,1-4H3/t10-,12+,13+,14-,16+/m1/s1. The third-order valence-electron chi connectivity index (χ3n) is 3.76. The first kappa shape index (κ1) is 16.9. The van der Waals surface area contributed by atoms with E-state index in [2.05, 4.69) is 0 Å². The summed E-state index contributed by atoms with van der Waals surface area (Å²) in [6.45, 7) is 1.81. The largest absolute Gasteiger partial charge is 0.453 e. The molecule has 0 N–H and O–H groups in total. The predicted molar refractivity (Wildman–Crippen MR) is 78.6 cm³/mol. The van der Waals surface area contributed by atoms with Crippen molar-refractivity contribution < 1.29 is 28.5 Å². The van der Waals surface area contributed by atoms with Crippen LogP contribution in [0.1, 0.15) is 17.3 Å². The van der Waals surface area contributed by atoms with E-state index in [1.807, 2.05) is 13.0 Å². The molecule has 1 aliphatic heterocycles. The van der Waals surface area contributed by atoms with Gasteiger partial charge in [-0.15, -0.1) is 0 Å². The van der Waals surface area contributed by atoms with Gasteiger partial charge in [0, 0.05) is 21.3 Å². The first-order chi connectivity index (χ1) is 10.6. The highest BCUT2D eigenvalue weighted by molar-refractivity contribution is 5.89. The molecule has 0 saturated carbocycles. The highest BCUT2D eigenvalue weighted by atomic mass is 16.7. The van der Waals surface area contributed by atoms with Gasteiger partial charge in [0.05, 0.1) is 11.7 Å². The maximum absolute atomic E-state index is 12.3. The Hall–Kier alpha value is -1.47. The minimum absolute atomic E-state index is 0.381. The Kier molecular flexibility index (Phi) is 5.90. The van der Waals surface area contributed by atoms with Crippen molar-refractivity contribution in [3.8, 4) is 0 Å². The Labute approximate surface area is 130 Å². The average Bonchev–Trinajstić information content (AvgIpc) is 2.56. The molecule has 1 aromatic carbocycles. The monoisotopic (exact) mass is 310 g/mol. The molecule has 1 aromatic rings. The van der Waals surface area contributed by atoms with Gasteiger partial charge in [0.1, 0.15) is 12.2 Å². The topological polar surface area (TPSA) is 63.2 Å². The fourth-order valence-electron chi connectivity index (χ4n) is 2.61. The Bertz CT molecular complexity index is 477. The fourth-order valence-corrected chi connectivity index (χ4v) is 2.61. The van der Waals surface area contributed by atoms with Gasteiger partial charge in [-0.05, 0) is 19.1 Å². The Morgan fingerprint density at radius 3 is 2.14 bits per heavy atom. The summed E-state index contributed by atoms with van der Waals surface area (Å²) < 4.78 is 27.5. The lowest BCUT2D eigenvalue weighted by atomic mass is 9.99. The summed E-state index contributed by atoms with van der Waals surface area (Å²) in [7, 11) is 4.62. The third kappa shape index (κ3) is 3.47. The average molecular weight is 310 g/mol. The number of benzene rings is 1. The molecule has 0 unspecified atom stereocenters. The Morgan fingerprint density at radius 1 is 0.955 bits per heavy atom. The zero-order valence-corrected chi connectivity index (χ0v) is 13.2. The fraction of sp³-hybridized carbons (Fsp3) is 0.562. The summed E-state index contributed by atoms with van der Waals surface area (Å²) in [5, 5.41) is 0. The number of esters is 1. The van der Waals surface area contributed by atoms with Gasteiger partial charge >= 0.3 is 5.97 Å². The number of ether oxygens (including phenoxy) is 5. The summed E-state index contributed by atoms with van der Waals surface area (Å²) in [5.41, 5.74) is 0.479. The van der Waals surface area contributed by atoms with Gasteiger partial charge in [-0.25, -0.2) is 4.79 Å². The van der Waals surface area contributed by atoms with E-state index >= 15 is 0 Å². The quantitative estimate of drug-likeness (QED) is 0.770. The van der Waals surface area contributed by atoms with Gasteiger partial charge in [0.25, 0.3) is 0 Å². The van der Waals surface area contributed by atoms with E-state index in [0.29, 0.717) is 5.56 Å². The molecule has 0 bridgehead atoms. The van der Waals surface area contributed by atoms with E-state index in [9.17, 15) is 4.79 Å². The molecular weight excluding hydrogens is 288 g/mol. The number of methoxy groups -OCH3 is 3. The zero-order chi connectivity index (χ0) is 16.1. The van der Waals surface area contributed by atoms with Crippen LogP contribution in [0.2, 0.25) is 0 Å².